The van der Waals surface area contributed by atoms with Crippen LogP contribution >= 0.6 is 0 Å². The number of esters is 1. The van der Waals surface area contributed by atoms with Crippen LogP contribution in [0.3, 0.4) is 0 Å². The number of anilines is 2. The Hall–Kier alpha value is -1.86. The van der Waals surface area contributed by atoms with E-state index in [0.717, 1.165) is 51.1 Å². The van der Waals surface area contributed by atoms with Crippen molar-refractivity contribution in [3.63, 3.8) is 0 Å². The van der Waals surface area contributed by atoms with Crippen LogP contribution in [0.1, 0.15) is 43.0 Å². The number of rotatable bonds is 7. The Bertz CT molecular complexity index is 611. The molecule has 1 saturated heterocycles. The number of carbonyl (C=O) groups excluding carboxylic acids is 1. The largest absolute Gasteiger partial charge is 0.465 e. The Morgan fingerprint density at radius 3 is 2.70 bits per heavy atom. The average molecular weight is 377 g/mol. The van der Waals surface area contributed by atoms with E-state index in [0.29, 0.717) is 17.4 Å². The number of pyridine rings is 1. The van der Waals surface area contributed by atoms with Gasteiger partial charge in [-0.1, -0.05) is 6.92 Å². The third-order valence-corrected chi connectivity index (χ3v) is 5.49. The summed E-state index contributed by atoms with van der Waals surface area (Å²) in [5, 5.41) is 6.86. The van der Waals surface area contributed by atoms with E-state index in [-0.39, 0.29) is 5.97 Å². The first kappa shape index (κ1) is 19.9. The van der Waals surface area contributed by atoms with Crippen molar-refractivity contribution in [3.05, 3.63) is 17.7 Å². The molecule has 1 aliphatic carbocycles. The summed E-state index contributed by atoms with van der Waals surface area (Å²) in [6.45, 7) is 7.39. The topological polar surface area (TPSA) is 75.7 Å². The second kappa shape index (κ2) is 9.90. The Morgan fingerprint density at radius 1 is 1.26 bits per heavy atom. The van der Waals surface area contributed by atoms with Gasteiger partial charge in [0.2, 0.25) is 0 Å². The lowest BCUT2D eigenvalue weighted by atomic mass is 9.87. The molecule has 0 amide bonds. The van der Waals surface area contributed by atoms with Gasteiger partial charge in [0.25, 0.3) is 0 Å². The highest BCUT2D eigenvalue weighted by molar-refractivity contribution is 5.94. The predicted octanol–water partition coefficient (Wildman–Crippen LogP) is 2.60. The highest BCUT2D eigenvalue weighted by Gasteiger charge is 2.20. The molecule has 7 nitrogen and oxygen atoms in total. The van der Waals surface area contributed by atoms with Gasteiger partial charge in [0, 0.05) is 32.2 Å². The highest BCUT2D eigenvalue weighted by Crippen LogP contribution is 2.26. The maximum atomic E-state index is 12.1. The van der Waals surface area contributed by atoms with Crippen molar-refractivity contribution in [2.45, 2.75) is 38.6 Å². The molecule has 150 valence electrons. The first-order chi connectivity index (χ1) is 13.2. The summed E-state index contributed by atoms with van der Waals surface area (Å²) in [5.41, 5.74) is 0.474. The van der Waals surface area contributed by atoms with Crippen LogP contribution in [0.5, 0.6) is 0 Å². The molecule has 0 radical (unpaired) electrons. The van der Waals surface area contributed by atoms with Crippen molar-refractivity contribution in [1.82, 2.24) is 9.88 Å². The SMILES string of the molecule is COC(=O)c1ccc(NC2CCC(C)CC2)nc1NCCN1CCOCC1. The maximum absolute atomic E-state index is 12.1. The average Bonchev–Trinajstić information content (AvgIpc) is 2.70. The Labute approximate surface area is 161 Å². The standard InChI is InChI=1S/C20H32N4O3/c1-15-3-5-16(6-4-15)22-18-8-7-17(20(25)26-2)19(23-18)21-9-10-24-11-13-27-14-12-24/h7-8,15-16H,3-6,9-14H2,1-2H3,(H2,21,22,23). The van der Waals surface area contributed by atoms with E-state index >= 15 is 0 Å². The lowest BCUT2D eigenvalue weighted by Gasteiger charge is -2.28. The number of morpholine rings is 1. The molecule has 0 unspecified atom stereocenters. The lowest BCUT2D eigenvalue weighted by Crippen LogP contribution is -2.39. The fourth-order valence-corrected chi connectivity index (χ4v) is 3.72. The molecule has 1 aromatic rings. The van der Waals surface area contributed by atoms with Gasteiger partial charge < -0.3 is 20.1 Å². The number of nitrogens with one attached hydrogen (secondary N) is 2. The molecule has 7 heteroatoms. The van der Waals surface area contributed by atoms with E-state index in [1.807, 2.05) is 6.07 Å². The van der Waals surface area contributed by atoms with Crippen LogP contribution in [0.15, 0.2) is 12.1 Å². The molecule has 3 rings (SSSR count). The first-order valence-corrected chi connectivity index (χ1v) is 10.1. The van der Waals surface area contributed by atoms with Crippen LogP contribution in [0.2, 0.25) is 0 Å². The minimum Gasteiger partial charge on any atom is -0.465 e. The van der Waals surface area contributed by atoms with Gasteiger partial charge in [0.1, 0.15) is 17.2 Å². The van der Waals surface area contributed by atoms with E-state index < -0.39 is 0 Å². The van der Waals surface area contributed by atoms with Crippen LogP contribution < -0.4 is 10.6 Å². The third-order valence-electron chi connectivity index (χ3n) is 5.49. The van der Waals surface area contributed by atoms with Crippen molar-refractivity contribution in [2.24, 2.45) is 5.92 Å². The van der Waals surface area contributed by atoms with E-state index in [9.17, 15) is 4.79 Å². The fourth-order valence-electron chi connectivity index (χ4n) is 3.72. The summed E-state index contributed by atoms with van der Waals surface area (Å²) in [6.07, 6.45) is 4.84. The zero-order valence-electron chi connectivity index (χ0n) is 16.5. The van der Waals surface area contributed by atoms with Crippen LogP contribution in [0.4, 0.5) is 11.6 Å². The summed E-state index contributed by atoms with van der Waals surface area (Å²) in [4.78, 5) is 19.1. The Morgan fingerprint density at radius 2 is 2.00 bits per heavy atom. The Kier molecular flexibility index (Phi) is 7.29. The van der Waals surface area contributed by atoms with Crippen LogP contribution in [-0.2, 0) is 9.47 Å². The van der Waals surface area contributed by atoms with Gasteiger partial charge in [0.05, 0.1) is 20.3 Å². The molecule has 2 aliphatic rings. The molecule has 2 N–H and O–H groups in total. The van der Waals surface area contributed by atoms with Gasteiger partial charge in [-0.15, -0.1) is 0 Å². The number of nitrogens with zero attached hydrogens (tertiary/aromatic N) is 2. The van der Waals surface area contributed by atoms with Gasteiger partial charge in [-0.05, 0) is 43.7 Å². The molecule has 2 heterocycles. The summed E-state index contributed by atoms with van der Waals surface area (Å²) in [6, 6.07) is 4.13. The summed E-state index contributed by atoms with van der Waals surface area (Å²) in [7, 11) is 1.40. The molecule has 27 heavy (non-hydrogen) atoms. The molecular formula is C20H32N4O3. The second-order valence-corrected chi connectivity index (χ2v) is 7.57. The van der Waals surface area contributed by atoms with Gasteiger partial charge in [-0.25, -0.2) is 9.78 Å². The van der Waals surface area contributed by atoms with E-state index in [1.165, 1.54) is 32.8 Å². The monoisotopic (exact) mass is 376 g/mol. The highest BCUT2D eigenvalue weighted by atomic mass is 16.5. The molecule has 0 atom stereocenters. The van der Waals surface area contributed by atoms with Crippen molar-refractivity contribution < 1.29 is 14.3 Å². The quantitative estimate of drug-likeness (QED) is 0.709. The van der Waals surface area contributed by atoms with Crippen molar-refractivity contribution >= 4 is 17.6 Å². The molecule has 0 aromatic carbocycles. The first-order valence-electron chi connectivity index (χ1n) is 10.1. The van der Waals surface area contributed by atoms with Crippen molar-refractivity contribution in [3.8, 4) is 0 Å². The van der Waals surface area contributed by atoms with Gasteiger partial charge in [0.15, 0.2) is 0 Å². The molecule has 0 bridgehead atoms. The fraction of sp³-hybridized carbons (Fsp3) is 0.700. The van der Waals surface area contributed by atoms with Crippen LogP contribution in [-0.4, -0.2) is 68.4 Å². The minimum atomic E-state index is -0.366. The number of aromatic nitrogens is 1. The van der Waals surface area contributed by atoms with Crippen molar-refractivity contribution in [2.75, 3.05) is 57.1 Å². The van der Waals surface area contributed by atoms with Gasteiger partial charge in [-0.2, -0.15) is 0 Å². The van der Waals surface area contributed by atoms with Crippen LogP contribution in [0, 0.1) is 5.92 Å². The molecule has 1 aromatic heterocycles. The normalized spacial score (nSPS) is 23.6. The molecule has 1 saturated carbocycles. The number of hydrogen-bond acceptors (Lipinski definition) is 7. The maximum Gasteiger partial charge on any atom is 0.341 e. The second-order valence-electron chi connectivity index (χ2n) is 7.57. The zero-order valence-corrected chi connectivity index (χ0v) is 16.5. The van der Waals surface area contributed by atoms with Crippen LogP contribution in [0.25, 0.3) is 0 Å². The Balaban J connectivity index is 1.62. The molecule has 0 spiro atoms. The lowest BCUT2D eigenvalue weighted by molar-refractivity contribution is 0.0398. The van der Waals surface area contributed by atoms with E-state index in [4.69, 9.17) is 9.47 Å². The summed E-state index contributed by atoms with van der Waals surface area (Å²) >= 11 is 0. The minimum absolute atomic E-state index is 0.366. The number of carbonyl (C=O) groups is 1. The smallest absolute Gasteiger partial charge is 0.341 e. The van der Waals surface area contributed by atoms with Gasteiger partial charge in [-0.3, -0.25) is 4.90 Å². The molecular weight excluding hydrogens is 344 g/mol. The predicted molar refractivity (Wildman–Crippen MR) is 106 cm³/mol. The number of hydrogen-bond donors (Lipinski definition) is 2. The van der Waals surface area contributed by atoms with E-state index in [2.05, 4.69) is 27.4 Å². The van der Waals surface area contributed by atoms with Crippen molar-refractivity contribution in [1.29, 1.82) is 0 Å². The summed E-state index contributed by atoms with van der Waals surface area (Å²) in [5.74, 6) is 1.85. The number of methoxy groups -OCH3 is 1. The zero-order chi connectivity index (χ0) is 19.1. The van der Waals surface area contributed by atoms with E-state index in [1.54, 1.807) is 6.07 Å². The summed E-state index contributed by atoms with van der Waals surface area (Å²) < 4.78 is 10.3. The molecule has 1 aliphatic heterocycles. The third kappa shape index (κ3) is 5.81. The van der Waals surface area contributed by atoms with Gasteiger partial charge >= 0.3 is 5.97 Å². The molecule has 2 fully saturated rings. The number of ether oxygens (including phenoxy) is 2.